The van der Waals surface area contributed by atoms with Gasteiger partial charge in [0.2, 0.25) is 0 Å². The number of amides is 1. The van der Waals surface area contributed by atoms with Crippen molar-refractivity contribution in [3.63, 3.8) is 0 Å². The smallest absolute Gasteiger partial charge is 0.251 e. The molecule has 0 spiro atoms. The van der Waals surface area contributed by atoms with Gasteiger partial charge in [-0.25, -0.2) is 4.98 Å². The van der Waals surface area contributed by atoms with Gasteiger partial charge in [-0.05, 0) is 50.2 Å². The lowest BCUT2D eigenvalue weighted by atomic mass is 10.1. The summed E-state index contributed by atoms with van der Waals surface area (Å²) < 4.78 is 1.91. The van der Waals surface area contributed by atoms with Crippen molar-refractivity contribution in [2.75, 3.05) is 13.1 Å². The van der Waals surface area contributed by atoms with E-state index in [1.807, 2.05) is 35.0 Å². The number of aromatic nitrogens is 2. The van der Waals surface area contributed by atoms with E-state index in [2.05, 4.69) is 15.6 Å². The van der Waals surface area contributed by atoms with Crippen molar-refractivity contribution in [1.82, 2.24) is 20.2 Å². The summed E-state index contributed by atoms with van der Waals surface area (Å²) >= 11 is 0. The largest absolute Gasteiger partial charge is 0.349 e. The summed E-state index contributed by atoms with van der Waals surface area (Å²) in [7, 11) is 0. The second-order valence-electron chi connectivity index (χ2n) is 5.01. The molecule has 7 heteroatoms. The molecule has 22 heavy (non-hydrogen) atoms. The Bertz CT molecular complexity index is 566. The highest BCUT2D eigenvalue weighted by molar-refractivity contribution is 5.94. The van der Waals surface area contributed by atoms with Crippen molar-refractivity contribution in [3.05, 3.63) is 48.5 Å². The molecule has 2 N–H and O–H groups in total. The van der Waals surface area contributed by atoms with Crippen LogP contribution in [0.1, 0.15) is 23.2 Å². The fourth-order valence-corrected chi connectivity index (χ4v) is 2.43. The van der Waals surface area contributed by atoms with Crippen LogP contribution in [-0.4, -0.2) is 34.6 Å². The van der Waals surface area contributed by atoms with Gasteiger partial charge in [0, 0.05) is 29.7 Å². The van der Waals surface area contributed by atoms with Crippen LogP contribution in [0.5, 0.6) is 0 Å². The molecular weight excluding hydrogens is 323 g/mol. The topological polar surface area (TPSA) is 59.0 Å². The molecule has 5 nitrogen and oxygen atoms in total. The number of hydrogen-bond acceptors (Lipinski definition) is 3. The summed E-state index contributed by atoms with van der Waals surface area (Å²) in [5.74, 6) is 0.00841. The first-order chi connectivity index (χ1) is 9.83. The van der Waals surface area contributed by atoms with E-state index in [4.69, 9.17) is 0 Å². The van der Waals surface area contributed by atoms with Crippen LogP contribution < -0.4 is 10.6 Å². The number of rotatable bonds is 3. The normalized spacial score (nSPS) is 14.5. The van der Waals surface area contributed by atoms with Gasteiger partial charge in [-0.1, -0.05) is 0 Å². The number of imidazole rings is 1. The van der Waals surface area contributed by atoms with Gasteiger partial charge < -0.3 is 15.2 Å². The average molecular weight is 343 g/mol. The second kappa shape index (κ2) is 8.78. The van der Waals surface area contributed by atoms with Gasteiger partial charge >= 0.3 is 0 Å². The number of benzene rings is 1. The van der Waals surface area contributed by atoms with Crippen LogP contribution in [0.4, 0.5) is 0 Å². The molecule has 1 aliphatic heterocycles. The number of hydrogen-bond donors (Lipinski definition) is 2. The van der Waals surface area contributed by atoms with Crippen molar-refractivity contribution >= 4 is 30.7 Å². The maximum absolute atomic E-state index is 12.2. The number of nitrogens with one attached hydrogen (secondary N) is 2. The lowest BCUT2D eigenvalue weighted by Crippen LogP contribution is -2.42. The zero-order chi connectivity index (χ0) is 13.8. The van der Waals surface area contributed by atoms with Crippen molar-refractivity contribution in [2.45, 2.75) is 18.9 Å². The maximum atomic E-state index is 12.2. The molecular formula is C15H20Cl2N4O. The third-order valence-corrected chi connectivity index (χ3v) is 3.61. The number of carbonyl (C=O) groups is 1. The Hall–Kier alpha value is -1.56. The van der Waals surface area contributed by atoms with Gasteiger partial charge in [0.05, 0.1) is 6.33 Å². The van der Waals surface area contributed by atoms with E-state index in [0.29, 0.717) is 5.56 Å². The summed E-state index contributed by atoms with van der Waals surface area (Å²) in [6.45, 7) is 1.95. The lowest BCUT2D eigenvalue weighted by Gasteiger charge is -2.23. The van der Waals surface area contributed by atoms with Crippen LogP contribution >= 0.6 is 24.8 Å². The van der Waals surface area contributed by atoms with Crippen molar-refractivity contribution in [2.24, 2.45) is 0 Å². The van der Waals surface area contributed by atoms with Gasteiger partial charge in [0.25, 0.3) is 5.91 Å². The molecule has 2 aromatic rings. The average Bonchev–Trinajstić information content (AvgIpc) is 3.03. The Morgan fingerprint density at radius 3 is 2.45 bits per heavy atom. The molecule has 1 fully saturated rings. The third kappa shape index (κ3) is 4.47. The lowest BCUT2D eigenvalue weighted by molar-refractivity contribution is 0.0929. The van der Waals surface area contributed by atoms with Gasteiger partial charge in [-0.15, -0.1) is 24.8 Å². The fourth-order valence-electron chi connectivity index (χ4n) is 2.43. The monoisotopic (exact) mass is 342 g/mol. The standard InChI is InChI=1S/C15H18N4O.2ClH/c20-15(18-13-5-7-16-8-6-13)12-1-3-14(4-2-12)19-10-9-17-11-19;;/h1-4,9-11,13,16H,5-8H2,(H,18,20);2*1H. The van der Waals surface area contributed by atoms with Crippen LogP contribution in [0.15, 0.2) is 43.0 Å². The Morgan fingerprint density at radius 1 is 1.18 bits per heavy atom. The zero-order valence-corrected chi connectivity index (χ0v) is 13.7. The molecule has 1 amide bonds. The summed E-state index contributed by atoms with van der Waals surface area (Å²) in [4.78, 5) is 16.2. The summed E-state index contributed by atoms with van der Waals surface area (Å²) in [5, 5.41) is 6.38. The van der Waals surface area contributed by atoms with E-state index in [1.54, 1.807) is 12.5 Å². The molecule has 0 aliphatic carbocycles. The van der Waals surface area contributed by atoms with Crippen molar-refractivity contribution in [1.29, 1.82) is 0 Å². The van der Waals surface area contributed by atoms with E-state index >= 15 is 0 Å². The highest BCUT2D eigenvalue weighted by Crippen LogP contribution is 2.10. The Morgan fingerprint density at radius 2 is 1.86 bits per heavy atom. The Kier molecular flexibility index (Phi) is 7.38. The van der Waals surface area contributed by atoms with E-state index in [-0.39, 0.29) is 36.8 Å². The summed E-state index contributed by atoms with van der Waals surface area (Å²) in [6, 6.07) is 7.85. The second-order valence-corrected chi connectivity index (χ2v) is 5.01. The van der Waals surface area contributed by atoms with E-state index in [9.17, 15) is 4.79 Å². The summed E-state index contributed by atoms with van der Waals surface area (Å²) in [6.07, 6.45) is 7.35. The quantitative estimate of drug-likeness (QED) is 0.898. The van der Waals surface area contributed by atoms with Gasteiger partial charge in [-0.2, -0.15) is 0 Å². The highest BCUT2D eigenvalue weighted by atomic mass is 35.5. The van der Waals surface area contributed by atoms with Crippen LogP contribution in [0.2, 0.25) is 0 Å². The molecule has 2 heterocycles. The predicted octanol–water partition coefficient (Wildman–Crippen LogP) is 2.20. The highest BCUT2D eigenvalue weighted by Gasteiger charge is 2.16. The van der Waals surface area contributed by atoms with E-state index in [1.165, 1.54) is 0 Å². The van der Waals surface area contributed by atoms with Crippen LogP contribution in [-0.2, 0) is 0 Å². The third-order valence-electron chi connectivity index (χ3n) is 3.61. The first-order valence-corrected chi connectivity index (χ1v) is 6.93. The molecule has 0 atom stereocenters. The minimum absolute atomic E-state index is 0. The molecule has 1 saturated heterocycles. The molecule has 120 valence electrons. The number of piperidine rings is 1. The molecule has 1 aromatic carbocycles. The Labute approximate surface area is 142 Å². The number of halogens is 2. The first-order valence-electron chi connectivity index (χ1n) is 6.93. The van der Waals surface area contributed by atoms with Gasteiger partial charge in [0.15, 0.2) is 0 Å². The molecule has 1 aromatic heterocycles. The van der Waals surface area contributed by atoms with Crippen molar-refractivity contribution < 1.29 is 4.79 Å². The number of nitrogens with zero attached hydrogens (tertiary/aromatic N) is 2. The number of carbonyl (C=O) groups excluding carboxylic acids is 1. The minimum atomic E-state index is 0. The molecule has 1 aliphatic rings. The maximum Gasteiger partial charge on any atom is 0.251 e. The predicted molar refractivity (Wildman–Crippen MR) is 91.4 cm³/mol. The SMILES string of the molecule is Cl.Cl.O=C(NC1CCNCC1)c1ccc(-n2ccnc2)cc1. The van der Waals surface area contributed by atoms with Crippen LogP contribution in [0, 0.1) is 0 Å². The first kappa shape index (κ1) is 18.5. The van der Waals surface area contributed by atoms with E-state index < -0.39 is 0 Å². The van der Waals surface area contributed by atoms with E-state index in [0.717, 1.165) is 31.6 Å². The van der Waals surface area contributed by atoms with Crippen LogP contribution in [0.3, 0.4) is 0 Å². The molecule has 0 saturated carbocycles. The molecule has 0 radical (unpaired) electrons. The minimum Gasteiger partial charge on any atom is -0.349 e. The molecule has 3 rings (SSSR count). The molecule has 0 bridgehead atoms. The zero-order valence-electron chi connectivity index (χ0n) is 12.1. The van der Waals surface area contributed by atoms with Gasteiger partial charge in [0.1, 0.15) is 0 Å². The molecule has 0 unspecified atom stereocenters. The van der Waals surface area contributed by atoms with Crippen molar-refractivity contribution in [3.8, 4) is 5.69 Å². The van der Waals surface area contributed by atoms with Crippen LogP contribution in [0.25, 0.3) is 5.69 Å². The Balaban J connectivity index is 0.00000121. The van der Waals surface area contributed by atoms with Gasteiger partial charge in [-0.3, -0.25) is 4.79 Å². The fraction of sp³-hybridized carbons (Fsp3) is 0.333. The summed E-state index contributed by atoms with van der Waals surface area (Å²) in [5.41, 5.74) is 1.70.